The SMILES string of the molecule is CCCCCCCn1cc[n+](C/C=C/Cc2cccc(Cl)c2Cl)c1.Cc1ccc(S(=O)(=O)[O-])cc1. The first-order valence-corrected chi connectivity index (χ1v) is 14.0. The van der Waals surface area contributed by atoms with Crippen LogP contribution in [0.1, 0.15) is 50.2 Å². The first-order valence-electron chi connectivity index (χ1n) is 11.9. The van der Waals surface area contributed by atoms with Crippen LogP contribution in [0.5, 0.6) is 0 Å². The van der Waals surface area contributed by atoms with Crippen LogP contribution in [-0.2, 0) is 29.6 Å². The minimum atomic E-state index is -4.27. The van der Waals surface area contributed by atoms with Gasteiger partial charge in [-0.25, -0.2) is 17.6 Å². The first kappa shape index (κ1) is 29.1. The Hall–Kier alpha value is -2.12. The Kier molecular flexibility index (Phi) is 12.6. The second-order valence-electron chi connectivity index (χ2n) is 8.42. The van der Waals surface area contributed by atoms with Gasteiger partial charge in [0.05, 0.1) is 21.5 Å². The fourth-order valence-corrected chi connectivity index (χ4v) is 4.26. The van der Waals surface area contributed by atoms with Gasteiger partial charge in [0, 0.05) is 0 Å². The number of rotatable bonds is 11. The molecule has 3 rings (SSSR count). The van der Waals surface area contributed by atoms with Gasteiger partial charge in [-0.05, 0) is 56.0 Å². The highest BCUT2D eigenvalue weighted by Crippen LogP contribution is 2.25. The van der Waals surface area contributed by atoms with Crippen molar-refractivity contribution >= 4 is 33.3 Å². The summed E-state index contributed by atoms with van der Waals surface area (Å²) in [7, 11) is -4.27. The van der Waals surface area contributed by atoms with Crippen LogP contribution < -0.4 is 4.57 Å². The lowest BCUT2D eigenvalue weighted by Crippen LogP contribution is -2.29. The van der Waals surface area contributed by atoms with E-state index >= 15 is 0 Å². The summed E-state index contributed by atoms with van der Waals surface area (Å²) in [5.41, 5.74) is 1.99. The number of aryl methyl sites for hydroxylation is 2. The lowest BCUT2D eigenvalue weighted by molar-refractivity contribution is -0.686. The zero-order valence-corrected chi connectivity index (χ0v) is 22.7. The van der Waals surface area contributed by atoms with Crippen LogP contribution in [-0.4, -0.2) is 17.5 Å². The number of imidazole rings is 1. The van der Waals surface area contributed by atoms with Crippen LogP contribution in [0.3, 0.4) is 0 Å². The van der Waals surface area contributed by atoms with Gasteiger partial charge in [-0.1, -0.05) is 85.3 Å². The number of unbranched alkanes of at least 4 members (excludes halogenated alkanes) is 4. The van der Waals surface area contributed by atoms with Crippen LogP contribution in [0.15, 0.2) is 78.2 Å². The monoisotopic (exact) mass is 536 g/mol. The molecule has 0 saturated heterocycles. The molecule has 0 aliphatic carbocycles. The Morgan fingerprint density at radius 3 is 2.40 bits per heavy atom. The Labute approximate surface area is 219 Å². The van der Waals surface area contributed by atoms with E-state index in [2.05, 4.69) is 46.9 Å². The van der Waals surface area contributed by atoms with E-state index in [9.17, 15) is 13.0 Å². The Morgan fingerprint density at radius 2 is 1.71 bits per heavy atom. The van der Waals surface area contributed by atoms with Crippen molar-refractivity contribution in [2.75, 3.05) is 0 Å². The lowest BCUT2D eigenvalue weighted by Gasteiger charge is -2.05. The number of hydrogen-bond donors (Lipinski definition) is 0. The van der Waals surface area contributed by atoms with Gasteiger partial charge in [-0.2, -0.15) is 0 Å². The van der Waals surface area contributed by atoms with E-state index in [1.54, 1.807) is 12.1 Å². The average molecular weight is 538 g/mol. The molecule has 0 bridgehead atoms. The minimum absolute atomic E-state index is 0.178. The minimum Gasteiger partial charge on any atom is -0.744 e. The van der Waals surface area contributed by atoms with Crippen molar-refractivity contribution in [3.05, 3.63) is 94.5 Å². The fraction of sp³-hybridized carbons (Fsp3) is 0.370. The Morgan fingerprint density at radius 1 is 1.00 bits per heavy atom. The summed E-state index contributed by atoms with van der Waals surface area (Å²) < 4.78 is 35.6. The smallest absolute Gasteiger partial charge is 0.244 e. The summed E-state index contributed by atoms with van der Waals surface area (Å²) in [5.74, 6) is 0. The van der Waals surface area contributed by atoms with Crippen molar-refractivity contribution in [3.63, 3.8) is 0 Å². The van der Waals surface area contributed by atoms with Crippen molar-refractivity contribution in [3.8, 4) is 0 Å². The number of aromatic nitrogens is 2. The van der Waals surface area contributed by atoms with Crippen molar-refractivity contribution in [2.45, 2.75) is 70.4 Å². The highest BCUT2D eigenvalue weighted by Gasteiger charge is 2.04. The number of allylic oxidation sites excluding steroid dienone is 2. The van der Waals surface area contributed by atoms with E-state index in [-0.39, 0.29) is 4.90 Å². The predicted octanol–water partition coefficient (Wildman–Crippen LogP) is 6.75. The van der Waals surface area contributed by atoms with Gasteiger partial charge in [0.2, 0.25) is 6.33 Å². The van der Waals surface area contributed by atoms with Crippen LogP contribution >= 0.6 is 23.2 Å². The van der Waals surface area contributed by atoms with Crippen molar-refractivity contribution < 1.29 is 17.5 Å². The molecule has 0 spiro atoms. The largest absolute Gasteiger partial charge is 0.744 e. The topological polar surface area (TPSA) is 66.0 Å². The molecule has 0 radical (unpaired) electrons. The molecule has 0 fully saturated rings. The fourth-order valence-electron chi connectivity index (χ4n) is 3.39. The highest BCUT2D eigenvalue weighted by atomic mass is 35.5. The maximum absolute atomic E-state index is 10.4. The molecule has 1 aromatic heterocycles. The molecule has 0 N–H and O–H groups in total. The molecule has 8 heteroatoms. The first-order chi connectivity index (χ1) is 16.7. The molecule has 3 aromatic rings. The zero-order valence-electron chi connectivity index (χ0n) is 20.4. The third-order valence-electron chi connectivity index (χ3n) is 5.43. The average Bonchev–Trinajstić information content (AvgIpc) is 3.27. The van der Waals surface area contributed by atoms with Gasteiger partial charge in [0.1, 0.15) is 29.1 Å². The summed E-state index contributed by atoms with van der Waals surface area (Å²) in [6.07, 6.45) is 18.2. The summed E-state index contributed by atoms with van der Waals surface area (Å²) in [4.78, 5) is -0.178. The second kappa shape index (κ2) is 15.1. The zero-order chi connectivity index (χ0) is 25.7. The van der Waals surface area contributed by atoms with E-state index in [0.29, 0.717) is 10.0 Å². The van der Waals surface area contributed by atoms with E-state index in [1.807, 2.05) is 25.1 Å². The molecule has 0 amide bonds. The van der Waals surface area contributed by atoms with Gasteiger partial charge >= 0.3 is 0 Å². The van der Waals surface area contributed by atoms with Gasteiger partial charge in [0.15, 0.2) is 0 Å². The molecule has 0 aliphatic rings. The van der Waals surface area contributed by atoms with Crippen LogP contribution in [0.25, 0.3) is 0 Å². The third kappa shape index (κ3) is 11.0. The van der Waals surface area contributed by atoms with Gasteiger partial charge in [-0.15, -0.1) is 0 Å². The summed E-state index contributed by atoms with van der Waals surface area (Å²) in [6.45, 7) is 6.06. The lowest BCUT2D eigenvalue weighted by atomic mass is 10.1. The molecular formula is C27H34Cl2N2O3S. The summed E-state index contributed by atoms with van der Waals surface area (Å²) in [6, 6.07) is 11.6. The summed E-state index contributed by atoms with van der Waals surface area (Å²) in [5, 5.41) is 1.28. The van der Waals surface area contributed by atoms with E-state index in [4.69, 9.17) is 23.2 Å². The Bertz CT molecular complexity index is 1170. The summed E-state index contributed by atoms with van der Waals surface area (Å²) >= 11 is 12.2. The molecule has 1 heterocycles. The molecule has 190 valence electrons. The van der Waals surface area contributed by atoms with Crippen molar-refractivity contribution in [1.82, 2.24) is 4.57 Å². The van der Waals surface area contributed by atoms with Gasteiger partial charge < -0.3 is 4.55 Å². The highest BCUT2D eigenvalue weighted by molar-refractivity contribution is 7.85. The van der Waals surface area contributed by atoms with Crippen LogP contribution in [0, 0.1) is 6.92 Å². The second-order valence-corrected chi connectivity index (χ2v) is 10.6. The third-order valence-corrected chi connectivity index (χ3v) is 7.14. The molecule has 2 aromatic carbocycles. The number of nitrogens with zero attached hydrogens (tertiary/aromatic N) is 2. The number of benzene rings is 2. The van der Waals surface area contributed by atoms with Crippen LogP contribution in [0.4, 0.5) is 0 Å². The molecule has 0 aliphatic heterocycles. The number of hydrogen-bond acceptors (Lipinski definition) is 3. The molecule has 5 nitrogen and oxygen atoms in total. The van der Waals surface area contributed by atoms with Gasteiger partial charge in [-0.3, -0.25) is 0 Å². The quantitative estimate of drug-likeness (QED) is 0.118. The molecular weight excluding hydrogens is 503 g/mol. The van der Waals surface area contributed by atoms with E-state index in [1.165, 1.54) is 44.2 Å². The van der Waals surface area contributed by atoms with Crippen LogP contribution in [0.2, 0.25) is 10.0 Å². The van der Waals surface area contributed by atoms with E-state index < -0.39 is 10.1 Å². The molecule has 35 heavy (non-hydrogen) atoms. The Balaban J connectivity index is 0.000000328. The molecule has 0 atom stereocenters. The van der Waals surface area contributed by atoms with Gasteiger partial charge in [0.25, 0.3) is 0 Å². The maximum Gasteiger partial charge on any atom is 0.244 e. The molecule has 0 saturated carbocycles. The number of halogens is 2. The van der Waals surface area contributed by atoms with Crippen molar-refractivity contribution in [2.24, 2.45) is 0 Å². The molecule has 0 unspecified atom stereocenters. The maximum atomic E-state index is 10.4. The standard InChI is InChI=1S/C20H27Cl2N2.C7H8O3S/c1-2-3-4-5-7-13-23-15-16-24(17-23)14-8-6-10-18-11-9-12-19(21)20(18)22;1-6-2-4-7(5-3-6)11(8,9)10/h6,8-9,11-12,15-17H,2-5,7,10,13-14H2,1H3;2-5H,1H3,(H,8,9,10)/q+1;/p-1/b8-6+;. The predicted molar refractivity (Wildman–Crippen MR) is 142 cm³/mol. The van der Waals surface area contributed by atoms with Crippen molar-refractivity contribution in [1.29, 1.82) is 0 Å². The van der Waals surface area contributed by atoms with E-state index in [0.717, 1.165) is 30.6 Å². The normalized spacial score (nSPS) is 11.5.